The highest BCUT2D eigenvalue weighted by molar-refractivity contribution is 5.91. The van der Waals surface area contributed by atoms with Crippen LogP contribution >= 0.6 is 0 Å². The minimum Gasteiger partial charge on any atom is -0.466 e. The van der Waals surface area contributed by atoms with Crippen LogP contribution in [0.2, 0.25) is 0 Å². The second kappa shape index (κ2) is 22.3. The molecule has 4 amide bonds. The van der Waals surface area contributed by atoms with Crippen molar-refractivity contribution in [2.24, 2.45) is 18.9 Å². The standard InChI is InChI=1S/C33H41N5O6.C13H25NO2.CH4/c1-21-8-13-36(14-9-21)30(39)28(20-23-18-22(2)29-27(19-23)43-32(41)35(29)3)44-33(42)37-15-11-25(12-16-37)38-17-10-24-6-4-5-7-26(24)34-31(38)40;1-3-4-11-16-13(15)7-10-14-8-5-12(2)6-9-14;/h4-7,18-19,21,25,28H,8-17,20H2,1-3H3,(H,34,40);12H,3-11H2,1-2H3;1H4/t28-;;/m1../s1. The third-order valence-electron chi connectivity index (χ3n) is 12.7. The average molecular weight is 847 g/mol. The molecule has 3 saturated heterocycles. The Balaban J connectivity index is 0.000000351. The highest BCUT2D eigenvalue weighted by Gasteiger charge is 2.35. The van der Waals surface area contributed by atoms with Crippen LogP contribution in [0.3, 0.4) is 0 Å². The lowest BCUT2D eigenvalue weighted by Gasteiger charge is -2.38. The largest absolute Gasteiger partial charge is 0.466 e. The van der Waals surface area contributed by atoms with E-state index < -0.39 is 18.0 Å². The van der Waals surface area contributed by atoms with Crippen LogP contribution in [0, 0.1) is 18.8 Å². The minimum atomic E-state index is -1.00. The van der Waals surface area contributed by atoms with E-state index in [9.17, 15) is 24.0 Å². The lowest BCUT2D eigenvalue weighted by Crippen LogP contribution is -2.51. The van der Waals surface area contributed by atoms with E-state index in [0.717, 1.165) is 80.0 Å². The molecule has 14 heteroatoms. The quantitative estimate of drug-likeness (QED) is 0.154. The molecule has 3 aromatic rings. The van der Waals surface area contributed by atoms with Gasteiger partial charge in [-0.1, -0.05) is 58.9 Å². The van der Waals surface area contributed by atoms with Crippen molar-refractivity contribution in [2.75, 3.05) is 64.3 Å². The predicted molar refractivity (Wildman–Crippen MR) is 238 cm³/mol. The number of carbonyl (C=O) groups excluding carboxylic acids is 4. The molecule has 14 nitrogen and oxygen atoms in total. The number of nitrogens with zero attached hydrogens (tertiary/aromatic N) is 5. The number of unbranched alkanes of at least 4 members (excludes halogenated alkanes) is 1. The van der Waals surface area contributed by atoms with E-state index in [-0.39, 0.29) is 37.8 Å². The van der Waals surface area contributed by atoms with Gasteiger partial charge in [0.1, 0.15) is 0 Å². The summed E-state index contributed by atoms with van der Waals surface area (Å²) in [6.07, 6.45) is 7.65. The smallest absolute Gasteiger partial charge is 0.419 e. The molecule has 336 valence electrons. The van der Waals surface area contributed by atoms with Gasteiger partial charge in [-0.3, -0.25) is 14.2 Å². The molecule has 0 radical (unpaired) electrons. The summed E-state index contributed by atoms with van der Waals surface area (Å²) in [5.41, 5.74) is 4.72. The van der Waals surface area contributed by atoms with Gasteiger partial charge in [0.2, 0.25) is 0 Å². The lowest BCUT2D eigenvalue weighted by molar-refractivity contribution is -0.144. The Morgan fingerprint density at radius 2 is 1.54 bits per heavy atom. The first-order chi connectivity index (χ1) is 28.9. The topological polar surface area (TPSA) is 147 Å². The summed E-state index contributed by atoms with van der Waals surface area (Å²) in [4.78, 5) is 71.5. The van der Waals surface area contributed by atoms with Gasteiger partial charge in [-0.15, -0.1) is 0 Å². The monoisotopic (exact) mass is 847 g/mol. The number of oxazole rings is 1. The summed E-state index contributed by atoms with van der Waals surface area (Å²) >= 11 is 0. The summed E-state index contributed by atoms with van der Waals surface area (Å²) in [6, 6.07) is 11.4. The van der Waals surface area contributed by atoms with Crippen LogP contribution in [0.1, 0.15) is 103 Å². The molecule has 5 heterocycles. The van der Waals surface area contributed by atoms with Crippen LogP contribution in [-0.4, -0.2) is 119 Å². The number of ether oxygens (including phenoxy) is 2. The Labute approximate surface area is 361 Å². The van der Waals surface area contributed by atoms with Crippen LogP contribution in [0.15, 0.2) is 45.6 Å². The molecule has 0 aliphatic carbocycles. The number of hydrogen-bond donors (Lipinski definition) is 1. The number of carbonyl (C=O) groups is 4. The van der Waals surface area contributed by atoms with Gasteiger partial charge in [0.15, 0.2) is 11.7 Å². The highest BCUT2D eigenvalue weighted by atomic mass is 16.6. The van der Waals surface area contributed by atoms with E-state index in [1.54, 1.807) is 22.9 Å². The number of amides is 4. The van der Waals surface area contributed by atoms with Gasteiger partial charge in [-0.2, -0.15) is 0 Å². The maximum Gasteiger partial charge on any atom is 0.419 e. The molecule has 4 aliphatic heterocycles. The number of fused-ring (bicyclic) bond motifs is 2. The van der Waals surface area contributed by atoms with E-state index >= 15 is 0 Å². The SMILES string of the molecule is C.CCCCOC(=O)CCN1CCC(C)CC1.Cc1cc(C[C@@H](OC(=O)N2CCC(N3CCc4ccccc4NC3=O)CC2)C(=O)N2CCC(C)CC2)cc2oc(=O)n(C)c12. The number of piperidine rings is 3. The molecule has 61 heavy (non-hydrogen) atoms. The zero-order valence-electron chi connectivity index (χ0n) is 36.4. The van der Waals surface area contributed by atoms with Crippen molar-refractivity contribution in [1.82, 2.24) is 24.2 Å². The Bertz CT molecular complexity index is 1990. The maximum atomic E-state index is 13.8. The number of likely N-dealkylation sites (tertiary alicyclic amines) is 3. The molecule has 1 aromatic heterocycles. The number of urea groups is 1. The molecule has 0 saturated carbocycles. The zero-order chi connectivity index (χ0) is 42.8. The van der Waals surface area contributed by atoms with Gasteiger partial charge in [0.25, 0.3) is 5.91 Å². The Morgan fingerprint density at radius 3 is 2.23 bits per heavy atom. The zero-order valence-corrected chi connectivity index (χ0v) is 36.4. The van der Waals surface area contributed by atoms with Crippen LogP contribution < -0.4 is 11.1 Å². The fraction of sp³-hybridized carbons (Fsp3) is 0.638. The second-order valence-corrected chi connectivity index (χ2v) is 17.4. The predicted octanol–water partition coefficient (Wildman–Crippen LogP) is 7.39. The third-order valence-corrected chi connectivity index (χ3v) is 12.7. The van der Waals surface area contributed by atoms with E-state index in [4.69, 9.17) is 13.9 Å². The van der Waals surface area contributed by atoms with Crippen molar-refractivity contribution in [3.05, 3.63) is 63.6 Å². The molecule has 4 aliphatic rings. The minimum absolute atomic E-state index is 0. The number of nitrogens with one attached hydrogen (secondary N) is 1. The number of anilines is 1. The van der Waals surface area contributed by atoms with Crippen molar-refractivity contribution in [2.45, 2.75) is 118 Å². The highest BCUT2D eigenvalue weighted by Crippen LogP contribution is 2.27. The summed E-state index contributed by atoms with van der Waals surface area (Å²) in [5.74, 6) is 0.716. The van der Waals surface area contributed by atoms with E-state index in [1.165, 1.54) is 17.4 Å². The van der Waals surface area contributed by atoms with E-state index in [0.29, 0.717) is 75.6 Å². The first kappa shape index (κ1) is 47.2. The Hall–Kier alpha value is -4.85. The van der Waals surface area contributed by atoms with Crippen LogP contribution in [0.5, 0.6) is 0 Å². The molecule has 1 atom stereocenters. The molecule has 3 fully saturated rings. The molecular formula is C47H70N6O8. The number of para-hydroxylation sites is 1. The molecule has 7 rings (SSSR count). The van der Waals surface area contributed by atoms with Gasteiger partial charge in [0.05, 0.1) is 18.5 Å². The number of rotatable bonds is 11. The summed E-state index contributed by atoms with van der Waals surface area (Å²) < 4.78 is 18.0. The maximum absolute atomic E-state index is 13.8. The first-order valence-electron chi connectivity index (χ1n) is 22.3. The number of aromatic nitrogens is 1. The van der Waals surface area contributed by atoms with Crippen molar-refractivity contribution in [3.63, 3.8) is 0 Å². The second-order valence-electron chi connectivity index (χ2n) is 17.4. The van der Waals surface area contributed by atoms with Crippen molar-refractivity contribution >= 4 is 40.8 Å². The van der Waals surface area contributed by atoms with Gasteiger partial charge in [0, 0.05) is 64.5 Å². The van der Waals surface area contributed by atoms with Crippen LogP contribution in [-0.2, 0) is 39.0 Å². The van der Waals surface area contributed by atoms with Gasteiger partial charge in [-0.25, -0.2) is 14.4 Å². The number of benzene rings is 2. The van der Waals surface area contributed by atoms with Crippen LogP contribution in [0.4, 0.5) is 15.3 Å². The molecule has 0 unspecified atom stereocenters. The first-order valence-corrected chi connectivity index (χ1v) is 22.3. The summed E-state index contributed by atoms with van der Waals surface area (Å²) in [7, 11) is 1.66. The molecule has 1 N–H and O–H groups in total. The van der Waals surface area contributed by atoms with Crippen molar-refractivity contribution in [3.8, 4) is 0 Å². The average Bonchev–Trinajstić information content (AvgIpc) is 3.42. The summed E-state index contributed by atoms with van der Waals surface area (Å²) in [5, 5.41) is 3.03. The van der Waals surface area contributed by atoms with E-state index in [2.05, 4.69) is 31.0 Å². The molecular weight excluding hydrogens is 777 g/mol. The normalized spacial score (nSPS) is 18.6. The number of esters is 1. The van der Waals surface area contributed by atoms with Crippen molar-refractivity contribution in [1.29, 1.82) is 0 Å². The summed E-state index contributed by atoms with van der Waals surface area (Å²) in [6.45, 7) is 15.0. The van der Waals surface area contributed by atoms with Crippen LogP contribution in [0.25, 0.3) is 11.1 Å². The van der Waals surface area contributed by atoms with Gasteiger partial charge < -0.3 is 38.8 Å². The molecule has 2 aromatic carbocycles. The third kappa shape index (κ3) is 12.6. The van der Waals surface area contributed by atoms with Gasteiger partial charge in [-0.05, 0) is 112 Å². The molecule has 0 bridgehead atoms. The Morgan fingerprint density at radius 1 is 0.885 bits per heavy atom. The lowest BCUT2D eigenvalue weighted by atomic mass is 9.98. The fourth-order valence-electron chi connectivity index (χ4n) is 8.76. The molecule has 0 spiro atoms. The number of aryl methyl sites for hydroxylation is 2. The number of hydrogen-bond acceptors (Lipinski definition) is 9. The Kier molecular flexibility index (Phi) is 17.3. The van der Waals surface area contributed by atoms with Gasteiger partial charge >= 0.3 is 23.8 Å². The van der Waals surface area contributed by atoms with Crippen molar-refractivity contribution < 1.29 is 33.1 Å². The van der Waals surface area contributed by atoms with E-state index in [1.807, 2.05) is 42.2 Å². The fourth-order valence-corrected chi connectivity index (χ4v) is 8.76.